The molecule has 1 aromatic rings. The molecule has 0 aliphatic carbocycles. The summed E-state index contributed by atoms with van der Waals surface area (Å²) in [5.74, 6) is 0.901. The Hall–Kier alpha value is -1.10. The fourth-order valence-electron chi connectivity index (χ4n) is 2.68. The zero-order valence-electron chi connectivity index (χ0n) is 12.7. The standard InChI is InChI=1S/C16H26N2O2/c1-12(10-15-11-20-9-8-17-15)18-13(2)14-4-6-16(19-3)7-5-14/h4-7,12-13,15,17-18H,8-11H2,1-3H3/t12?,13-,15?/m1/s1. The molecule has 20 heavy (non-hydrogen) atoms. The third kappa shape index (κ3) is 4.47. The van der Waals surface area contributed by atoms with Crippen LogP contribution in [-0.4, -0.2) is 39.0 Å². The van der Waals surface area contributed by atoms with Gasteiger partial charge < -0.3 is 20.1 Å². The van der Waals surface area contributed by atoms with Gasteiger partial charge in [0.05, 0.1) is 20.3 Å². The minimum atomic E-state index is 0.334. The topological polar surface area (TPSA) is 42.5 Å². The molecule has 1 aliphatic heterocycles. The molecule has 1 fully saturated rings. The molecular weight excluding hydrogens is 252 g/mol. The minimum Gasteiger partial charge on any atom is -0.497 e. The highest BCUT2D eigenvalue weighted by molar-refractivity contribution is 5.28. The molecule has 0 amide bonds. The van der Waals surface area contributed by atoms with E-state index in [9.17, 15) is 0 Å². The number of benzene rings is 1. The lowest BCUT2D eigenvalue weighted by Gasteiger charge is -2.28. The Kier molecular flexibility index (Phi) is 5.83. The van der Waals surface area contributed by atoms with Crippen molar-refractivity contribution in [2.45, 2.75) is 38.4 Å². The quantitative estimate of drug-likeness (QED) is 0.836. The lowest BCUT2D eigenvalue weighted by atomic mass is 10.0. The van der Waals surface area contributed by atoms with Crippen molar-refractivity contribution in [3.05, 3.63) is 29.8 Å². The first-order valence-corrected chi connectivity index (χ1v) is 7.40. The maximum atomic E-state index is 5.49. The number of morpholine rings is 1. The molecule has 1 aromatic carbocycles. The van der Waals surface area contributed by atoms with Crippen molar-refractivity contribution >= 4 is 0 Å². The van der Waals surface area contributed by atoms with Gasteiger partial charge in [0.25, 0.3) is 0 Å². The van der Waals surface area contributed by atoms with Crippen molar-refractivity contribution < 1.29 is 9.47 Å². The Morgan fingerprint density at radius 1 is 1.35 bits per heavy atom. The molecule has 1 saturated heterocycles. The van der Waals surface area contributed by atoms with Crippen molar-refractivity contribution in [3.8, 4) is 5.75 Å². The van der Waals surface area contributed by atoms with Gasteiger partial charge in [-0.25, -0.2) is 0 Å². The lowest BCUT2D eigenvalue weighted by Crippen LogP contribution is -2.45. The van der Waals surface area contributed by atoms with Crippen molar-refractivity contribution in [2.24, 2.45) is 0 Å². The molecule has 0 bridgehead atoms. The fourth-order valence-corrected chi connectivity index (χ4v) is 2.68. The third-order valence-corrected chi connectivity index (χ3v) is 3.79. The molecular formula is C16H26N2O2. The van der Waals surface area contributed by atoms with E-state index in [1.54, 1.807) is 7.11 Å². The van der Waals surface area contributed by atoms with Gasteiger partial charge in [-0.05, 0) is 38.0 Å². The van der Waals surface area contributed by atoms with Crippen LogP contribution in [0.15, 0.2) is 24.3 Å². The van der Waals surface area contributed by atoms with Gasteiger partial charge in [0.2, 0.25) is 0 Å². The molecule has 1 aliphatic rings. The summed E-state index contributed by atoms with van der Waals surface area (Å²) in [7, 11) is 1.69. The Morgan fingerprint density at radius 2 is 2.10 bits per heavy atom. The molecule has 2 rings (SSSR count). The van der Waals surface area contributed by atoms with Crippen LogP contribution in [0.2, 0.25) is 0 Å². The first kappa shape index (κ1) is 15.3. The Bertz CT molecular complexity index is 388. The van der Waals surface area contributed by atoms with Crippen LogP contribution in [0, 0.1) is 0 Å². The summed E-state index contributed by atoms with van der Waals surface area (Å²) in [4.78, 5) is 0. The highest BCUT2D eigenvalue weighted by atomic mass is 16.5. The predicted molar refractivity (Wildman–Crippen MR) is 81.2 cm³/mol. The van der Waals surface area contributed by atoms with Crippen molar-refractivity contribution in [3.63, 3.8) is 0 Å². The average Bonchev–Trinajstić information content (AvgIpc) is 2.48. The number of rotatable bonds is 6. The van der Waals surface area contributed by atoms with E-state index in [1.165, 1.54) is 5.56 Å². The number of nitrogens with one attached hydrogen (secondary N) is 2. The molecule has 112 valence electrons. The van der Waals surface area contributed by atoms with Gasteiger partial charge in [-0.2, -0.15) is 0 Å². The van der Waals surface area contributed by atoms with Gasteiger partial charge in [-0.1, -0.05) is 12.1 Å². The Balaban J connectivity index is 1.81. The molecule has 0 aromatic heterocycles. The third-order valence-electron chi connectivity index (χ3n) is 3.79. The summed E-state index contributed by atoms with van der Waals surface area (Å²) < 4.78 is 10.7. The van der Waals surface area contributed by atoms with Crippen LogP contribution in [0.1, 0.15) is 31.9 Å². The van der Waals surface area contributed by atoms with Gasteiger partial charge in [-0.15, -0.1) is 0 Å². The van der Waals surface area contributed by atoms with Gasteiger partial charge in [0.1, 0.15) is 5.75 Å². The summed E-state index contributed by atoms with van der Waals surface area (Å²) >= 11 is 0. The van der Waals surface area contributed by atoms with Crippen LogP contribution in [0.3, 0.4) is 0 Å². The lowest BCUT2D eigenvalue weighted by molar-refractivity contribution is 0.0708. The second kappa shape index (κ2) is 7.62. The number of hydrogen-bond donors (Lipinski definition) is 2. The van der Waals surface area contributed by atoms with Crippen LogP contribution >= 0.6 is 0 Å². The molecule has 0 spiro atoms. The van der Waals surface area contributed by atoms with Crippen LogP contribution in [0.4, 0.5) is 0 Å². The number of methoxy groups -OCH3 is 1. The Morgan fingerprint density at radius 3 is 2.70 bits per heavy atom. The summed E-state index contributed by atoms with van der Waals surface area (Å²) in [6.07, 6.45) is 1.08. The van der Waals surface area contributed by atoms with Gasteiger partial charge in [0.15, 0.2) is 0 Å². The SMILES string of the molecule is COc1ccc([C@@H](C)NC(C)CC2COCCN2)cc1. The second-order valence-electron chi connectivity index (χ2n) is 5.52. The van der Waals surface area contributed by atoms with Gasteiger partial charge in [0, 0.05) is 24.7 Å². The van der Waals surface area contributed by atoms with Gasteiger partial charge in [-0.3, -0.25) is 0 Å². The van der Waals surface area contributed by atoms with Crippen molar-refractivity contribution in [2.75, 3.05) is 26.9 Å². The maximum Gasteiger partial charge on any atom is 0.118 e. The summed E-state index contributed by atoms with van der Waals surface area (Å²) in [6, 6.07) is 9.50. The predicted octanol–water partition coefficient (Wildman–Crippen LogP) is 2.11. The van der Waals surface area contributed by atoms with Crippen LogP contribution < -0.4 is 15.4 Å². The van der Waals surface area contributed by atoms with Crippen LogP contribution in [-0.2, 0) is 4.74 Å². The maximum absolute atomic E-state index is 5.49. The minimum absolute atomic E-state index is 0.334. The first-order chi connectivity index (χ1) is 9.69. The van der Waals surface area contributed by atoms with Crippen LogP contribution in [0.25, 0.3) is 0 Å². The van der Waals surface area contributed by atoms with Crippen molar-refractivity contribution in [1.82, 2.24) is 10.6 Å². The van der Waals surface area contributed by atoms with Crippen molar-refractivity contribution in [1.29, 1.82) is 0 Å². The van der Waals surface area contributed by atoms with Gasteiger partial charge >= 0.3 is 0 Å². The van der Waals surface area contributed by atoms with Crippen LogP contribution in [0.5, 0.6) is 5.75 Å². The number of hydrogen-bond acceptors (Lipinski definition) is 4. The molecule has 0 saturated carbocycles. The van der Waals surface area contributed by atoms with E-state index in [1.807, 2.05) is 12.1 Å². The first-order valence-electron chi connectivity index (χ1n) is 7.40. The van der Waals surface area contributed by atoms with E-state index >= 15 is 0 Å². The largest absolute Gasteiger partial charge is 0.497 e. The zero-order chi connectivity index (χ0) is 14.4. The second-order valence-corrected chi connectivity index (χ2v) is 5.52. The highest BCUT2D eigenvalue weighted by Crippen LogP contribution is 2.18. The van der Waals surface area contributed by atoms with E-state index in [-0.39, 0.29) is 0 Å². The molecule has 0 radical (unpaired) electrons. The van der Waals surface area contributed by atoms with E-state index < -0.39 is 0 Å². The molecule has 1 heterocycles. The van der Waals surface area contributed by atoms with E-state index in [4.69, 9.17) is 9.47 Å². The molecule has 4 nitrogen and oxygen atoms in total. The smallest absolute Gasteiger partial charge is 0.118 e. The van der Waals surface area contributed by atoms with E-state index in [2.05, 4.69) is 36.6 Å². The Labute approximate surface area is 121 Å². The zero-order valence-corrected chi connectivity index (χ0v) is 12.7. The average molecular weight is 278 g/mol. The normalized spacial score (nSPS) is 22.2. The molecule has 3 atom stereocenters. The number of ether oxygens (including phenoxy) is 2. The summed E-state index contributed by atoms with van der Waals surface area (Å²) in [5.41, 5.74) is 1.28. The molecule has 4 heteroatoms. The molecule has 2 unspecified atom stereocenters. The highest BCUT2D eigenvalue weighted by Gasteiger charge is 2.17. The van der Waals surface area contributed by atoms with E-state index in [0.717, 1.165) is 31.9 Å². The summed E-state index contributed by atoms with van der Waals surface area (Å²) in [6.45, 7) is 7.05. The van der Waals surface area contributed by atoms with E-state index in [0.29, 0.717) is 18.1 Å². The summed E-state index contributed by atoms with van der Waals surface area (Å²) in [5, 5.41) is 7.14. The monoisotopic (exact) mass is 278 g/mol. The fraction of sp³-hybridized carbons (Fsp3) is 0.625. The molecule has 2 N–H and O–H groups in total.